The number of carbonyl (C=O) groups excluding carboxylic acids is 2. The SMILES string of the molecule is O=C(CCN1Cc2ccccc2C1=O)NC(c1ccccn1)C1CC(O)C1. The molecule has 6 heteroatoms. The van der Waals surface area contributed by atoms with Gasteiger partial charge in [0.1, 0.15) is 0 Å². The van der Waals surface area contributed by atoms with Crippen molar-refractivity contribution in [3.8, 4) is 0 Å². The van der Waals surface area contributed by atoms with Crippen molar-refractivity contribution in [2.75, 3.05) is 6.54 Å². The first-order chi connectivity index (χ1) is 13.1. The molecule has 2 heterocycles. The van der Waals surface area contributed by atoms with Crippen molar-refractivity contribution < 1.29 is 14.7 Å². The fourth-order valence-corrected chi connectivity index (χ4v) is 3.87. The largest absolute Gasteiger partial charge is 0.393 e. The lowest BCUT2D eigenvalue weighted by Crippen LogP contribution is -2.42. The number of amides is 2. The van der Waals surface area contributed by atoms with Crippen LogP contribution in [-0.2, 0) is 11.3 Å². The molecule has 0 radical (unpaired) electrons. The lowest BCUT2D eigenvalue weighted by atomic mass is 9.76. The predicted molar refractivity (Wildman–Crippen MR) is 99.7 cm³/mol. The molecule has 140 valence electrons. The van der Waals surface area contributed by atoms with Gasteiger partial charge in [0, 0.05) is 31.3 Å². The third-order valence-electron chi connectivity index (χ3n) is 5.45. The monoisotopic (exact) mass is 365 g/mol. The summed E-state index contributed by atoms with van der Waals surface area (Å²) >= 11 is 0. The highest BCUT2D eigenvalue weighted by Crippen LogP contribution is 2.37. The summed E-state index contributed by atoms with van der Waals surface area (Å²) in [4.78, 5) is 31.1. The van der Waals surface area contributed by atoms with Gasteiger partial charge in [0.15, 0.2) is 0 Å². The Bertz CT molecular complexity index is 834. The van der Waals surface area contributed by atoms with Crippen LogP contribution in [0.1, 0.15) is 46.9 Å². The molecule has 1 atom stereocenters. The van der Waals surface area contributed by atoms with Gasteiger partial charge in [-0.1, -0.05) is 24.3 Å². The highest BCUT2D eigenvalue weighted by molar-refractivity contribution is 5.98. The van der Waals surface area contributed by atoms with E-state index in [1.165, 1.54) is 0 Å². The van der Waals surface area contributed by atoms with E-state index in [1.807, 2.05) is 42.5 Å². The van der Waals surface area contributed by atoms with Crippen LogP contribution in [0, 0.1) is 5.92 Å². The van der Waals surface area contributed by atoms with E-state index in [1.54, 1.807) is 11.1 Å². The molecule has 1 aromatic heterocycles. The van der Waals surface area contributed by atoms with E-state index >= 15 is 0 Å². The third kappa shape index (κ3) is 3.71. The first kappa shape index (κ1) is 17.7. The number of fused-ring (bicyclic) bond motifs is 1. The number of carbonyl (C=O) groups is 2. The summed E-state index contributed by atoms with van der Waals surface area (Å²) in [6, 6.07) is 13.0. The smallest absolute Gasteiger partial charge is 0.254 e. The van der Waals surface area contributed by atoms with Gasteiger partial charge in [-0.3, -0.25) is 14.6 Å². The van der Waals surface area contributed by atoms with Gasteiger partial charge in [-0.25, -0.2) is 0 Å². The first-order valence-corrected chi connectivity index (χ1v) is 9.37. The molecule has 0 bridgehead atoms. The van der Waals surface area contributed by atoms with Crippen LogP contribution in [-0.4, -0.2) is 39.5 Å². The maximum Gasteiger partial charge on any atom is 0.254 e. The molecule has 2 amide bonds. The number of pyridine rings is 1. The molecule has 27 heavy (non-hydrogen) atoms. The summed E-state index contributed by atoms with van der Waals surface area (Å²) in [6.45, 7) is 0.947. The van der Waals surface area contributed by atoms with Crippen LogP contribution in [0.15, 0.2) is 48.7 Å². The van der Waals surface area contributed by atoms with Crippen molar-refractivity contribution >= 4 is 11.8 Å². The molecular formula is C21H23N3O3. The lowest BCUT2D eigenvalue weighted by molar-refractivity contribution is -0.123. The number of nitrogens with zero attached hydrogens (tertiary/aromatic N) is 2. The summed E-state index contributed by atoms with van der Waals surface area (Å²) in [5, 5.41) is 12.7. The van der Waals surface area contributed by atoms with Crippen molar-refractivity contribution in [3.05, 3.63) is 65.5 Å². The summed E-state index contributed by atoms with van der Waals surface area (Å²) < 4.78 is 0. The van der Waals surface area contributed by atoms with Crippen LogP contribution >= 0.6 is 0 Å². The van der Waals surface area contributed by atoms with Gasteiger partial charge in [0.25, 0.3) is 5.91 Å². The topological polar surface area (TPSA) is 82.5 Å². The highest BCUT2D eigenvalue weighted by atomic mass is 16.3. The van der Waals surface area contributed by atoms with Crippen molar-refractivity contribution in [3.63, 3.8) is 0 Å². The van der Waals surface area contributed by atoms with E-state index < -0.39 is 0 Å². The molecule has 6 nitrogen and oxygen atoms in total. The molecule has 2 N–H and O–H groups in total. The number of hydrogen-bond acceptors (Lipinski definition) is 4. The van der Waals surface area contributed by atoms with Crippen molar-refractivity contribution in [1.29, 1.82) is 0 Å². The average Bonchev–Trinajstić information content (AvgIpc) is 2.99. The van der Waals surface area contributed by atoms with Gasteiger partial charge < -0.3 is 15.3 Å². The quantitative estimate of drug-likeness (QED) is 0.821. The van der Waals surface area contributed by atoms with Gasteiger partial charge in [-0.15, -0.1) is 0 Å². The summed E-state index contributed by atoms with van der Waals surface area (Å²) in [5.74, 6) is 0.0779. The number of benzene rings is 1. The van der Waals surface area contributed by atoms with Crippen LogP contribution in [0.3, 0.4) is 0 Å². The van der Waals surface area contributed by atoms with E-state index in [0.717, 1.165) is 16.8 Å². The molecule has 1 unspecified atom stereocenters. The number of aliphatic hydroxyl groups is 1. The molecule has 1 aliphatic heterocycles. The Morgan fingerprint density at radius 1 is 1.22 bits per heavy atom. The Morgan fingerprint density at radius 3 is 2.70 bits per heavy atom. The number of aliphatic hydroxyl groups excluding tert-OH is 1. The van der Waals surface area contributed by atoms with E-state index in [0.29, 0.717) is 25.9 Å². The fourth-order valence-electron chi connectivity index (χ4n) is 3.87. The van der Waals surface area contributed by atoms with Crippen LogP contribution in [0.2, 0.25) is 0 Å². The Morgan fingerprint density at radius 2 is 2.00 bits per heavy atom. The predicted octanol–water partition coefficient (Wildman–Crippen LogP) is 2.06. The Hall–Kier alpha value is -2.73. The summed E-state index contributed by atoms with van der Waals surface area (Å²) in [6.07, 6.45) is 3.00. The van der Waals surface area contributed by atoms with Gasteiger partial charge in [0.2, 0.25) is 5.91 Å². The highest BCUT2D eigenvalue weighted by Gasteiger charge is 2.36. The van der Waals surface area contributed by atoms with E-state index in [2.05, 4.69) is 10.3 Å². The van der Waals surface area contributed by atoms with Gasteiger partial charge in [0.05, 0.1) is 17.8 Å². The van der Waals surface area contributed by atoms with Crippen LogP contribution < -0.4 is 5.32 Å². The molecule has 2 aromatic rings. The third-order valence-corrected chi connectivity index (χ3v) is 5.45. The Kier molecular flexibility index (Phi) is 4.90. The van der Waals surface area contributed by atoms with Gasteiger partial charge in [-0.2, -0.15) is 0 Å². The lowest BCUT2D eigenvalue weighted by Gasteiger charge is -2.37. The maximum absolute atomic E-state index is 12.5. The standard InChI is InChI=1S/C21H23N3O3/c25-16-11-15(12-16)20(18-7-3-4-9-22-18)23-19(26)8-10-24-13-14-5-1-2-6-17(14)21(24)27/h1-7,9,15-16,20,25H,8,10-13H2,(H,23,26). The van der Waals surface area contributed by atoms with Gasteiger partial charge >= 0.3 is 0 Å². The van der Waals surface area contributed by atoms with E-state index in [-0.39, 0.29) is 36.3 Å². The van der Waals surface area contributed by atoms with Crippen LogP contribution in [0.25, 0.3) is 0 Å². The van der Waals surface area contributed by atoms with Crippen LogP contribution in [0.4, 0.5) is 0 Å². The molecule has 1 fully saturated rings. The Labute approximate surface area is 158 Å². The second-order valence-corrected chi connectivity index (χ2v) is 7.32. The minimum absolute atomic E-state index is 0.0122. The normalized spacial score (nSPS) is 22.1. The molecule has 1 saturated carbocycles. The van der Waals surface area contributed by atoms with Crippen molar-refractivity contribution in [2.24, 2.45) is 5.92 Å². The molecule has 1 aromatic carbocycles. The minimum Gasteiger partial charge on any atom is -0.393 e. The van der Waals surface area contributed by atoms with Crippen molar-refractivity contribution in [1.82, 2.24) is 15.2 Å². The number of hydrogen-bond donors (Lipinski definition) is 2. The van der Waals surface area contributed by atoms with Crippen LogP contribution in [0.5, 0.6) is 0 Å². The number of nitrogens with one attached hydrogen (secondary N) is 1. The average molecular weight is 365 g/mol. The maximum atomic E-state index is 12.5. The second kappa shape index (κ2) is 7.48. The zero-order valence-corrected chi connectivity index (χ0v) is 15.0. The number of rotatable bonds is 6. The molecular weight excluding hydrogens is 342 g/mol. The summed E-state index contributed by atoms with van der Waals surface area (Å²) in [5.41, 5.74) is 2.55. The molecule has 0 spiro atoms. The van der Waals surface area contributed by atoms with E-state index in [4.69, 9.17) is 0 Å². The molecule has 1 aliphatic carbocycles. The first-order valence-electron chi connectivity index (χ1n) is 9.37. The zero-order valence-electron chi connectivity index (χ0n) is 15.0. The number of aromatic nitrogens is 1. The fraction of sp³-hybridized carbons (Fsp3) is 0.381. The molecule has 0 saturated heterocycles. The second-order valence-electron chi connectivity index (χ2n) is 7.32. The van der Waals surface area contributed by atoms with E-state index in [9.17, 15) is 14.7 Å². The molecule has 4 rings (SSSR count). The zero-order chi connectivity index (χ0) is 18.8. The Balaban J connectivity index is 1.36. The van der Waals surface area contributed by atoms with Gasteiger partial charge in [-0.05, 0) is 42.5 Å². The molecule has 2 aliphatic rings. The summed E-state index contributed by atoms with van der Waals surface area (Å²) in [7, 11) is 0. The minimum atomic E-state index is -0.293. The van der Waals surface area contributed by atoms with Crippen molar-refractivity contribution in [2.45, 2.75) is 38.0 Å².